The first-order valence-electron chi connectivity index (χ1n) is 11.6. The molecule has 3 aliphatic rings. The number of hydrogen-bond acceptors (Lipinski definition) is 3. The normalized spacial score (nSPS) is 29.5. The summed E-state index contributed by atoms with van der Waals surface area (Å²) in [6, 6.07) is 16.6. The summed E-state index contributed by atoms with van der Waals surface area (Å²) in [5.74, 6) is -0.0264. The van der Waals surface area contributed by atoms with Gasteiger partial charge in [-0.1, -0.05) is 63.2 Å². The Morgan fingerprint density at radius 1 is 0.969 bits per heavy atom. The van der Waals surface area contributed by atoms with Crippen molar-refractivity contribution >= 4 is 15.9 Å². The summed E-state index contributed by atoms with van der Waals surface area (Å²) in [5.41, 5.74) is 2.62. The molecule has 2 aromatic carbocycles. The molecule has 2 aromatic rings. The van der Waals surface area contributed by atoms with Crippen LogP contribution in [0, 0.1) is 5.41 Å². The van der Waals surface area contributed by atoms with Gasteiger partial charge in [0, 0.05) is 24.5 Å². The Labute approximate surface area is 191 Å². The van der Waals surface area contributed by atoms with Crippen molar-refractivity contribution in [3.8, 4) is 0 Å². The van der Waals surface area contributed by atoms with Gasteiger partial charge in [0.1, 0.15) is 6.04 Å². The molecule has 32 heavy (non-hydrogen) atoms. The number of fused-ring (bicyclic) bond motifs is 4. The lowest BCUT2D eigenvalue weighted by atomic mass is 9.51. The van der Waals surface area contributed by atoms with Crippen LogP contribution < -0.4 is 0 Å². The van der Waals surface area contributed by atoms with Gasteiger partial charge in [-0.05, 0) is 54.4 Å². The molecule has 1 unspecified atom stereocenters. The number of carbonyl (C=O) groups is 1. The first kappa shape index (κ1) is 21.7. The topological polar surface area (TPSA) is 57.7 Å². The minimum atomic E-state index is -3.70. The van der Waals surface area contributed by atoms with Crippen molar-refractivity contribution in [2.75, 3.05) is 13.1 Å². The van der Waals surface area contributed by atoms with Crippen LogP contribution in [0.15, 0.2) is 59.5 Å². The van der Waals surface area contributed by atoms with Gasteiger partial charge in [0.15, 0.2) is 0 Å². The van der Waals surface area contributed by atoms with Crippen molar-refractivity contribution in [1.29, 1.82) is 0 Å². The van der Waals surface area contributed by atoms with Crippen molar-refractivity contribution in [2.24, 2.45) is 5.41 Å². The molecule has 1 aliphatic carbocycles. The zero-order valence-electron chi connectivity index (χ0n) is 19.1. The lowest BCUT2D eigenvalue weighted by molar-refractivity contribution is -0.147. The third-order valence-electron chi connectivity index (χ3n) is 8.63. The van der Waals surface area contributed by atoms with E-state index in [1.807, 2.05) is 4.90 Å². The molecule has 0 spiro atoms. The van der Waals surface area contributed by atoms with Gasteiger partial charge in [-0.25, -0.2) is 8.42 Å². The van der Waals surface area contributed by atoms with Gasteiger partial charge in [0.05, 0.1) is 4.90 Å². The molecular weight excluding hydrogens is 420 g/mol. The molecule has 2 aliphatic heterocycles. The van der Waals surface area contributed by atoms with E-state index in [9.17, 15) is 13.2 Å². The molecule has 1 amide bonds. The predicted octanol–water partition coefficient (Wildman–Crippen LogP) is 3.98. The van der Waals surface area contributed by atoms with Gasteiger partial charge in [0.25, 0.3) is 0 Å². The smallest absolute Gasteiger partial charge is 0.243 e. The lowest BCUT2D eigenvalue weighted by Gasteiger charge is -2.61. The van der Waals surface area contributed by atoms with Crippen molar-refractivity contribution in [2.45, 2.75) is 68.8 Å². The second-order valence-corrected chi connectivity index (χ2v) is 12.2. The Bertz CT molecular complexity index is 1140. The van der Waals surface area contributed by atoms with E-state index < -0.39 is 16.1 Å². The van der Waals surface area contributed by atoms with Gasteiger partial charge < -0.3 is 4.90 Å². The number of likely N-dealkylation sites (tertiary alicyclic amines) is 1. The molecule has 3 atom stereocenters. The second kappa shape index (κ2) is 7.42. The Morgan fingerprint density at radius 2 is 1.66 bits per heavy atom. The van der Waals surface area contributed by atoms with E-state index in [1.54, 1.807) is 30.3 Å². The molecule has 2 saturated heterocycles. The third-order valence-corrected chi connectivity index (χ3v) is 10.6. The maximum Gasteiger partial charge on any atom is 0.243 e. The third kappa shape index (κ3) is 2.99. The minimum Gasteiger partial charge on any atom is -0.337 e. The van der Waals surface area contributed by atoms with Crippen molar-refractivity contribution in [3.63, 3.8) is 0 Å². The van der Waals surface area contributed by atoms with Crippen LogP contribution in [0.5, 0.6) is 0 Å². The van der Waals surface area contributed by atoms with Gasteiger partial charge in [0.2, 0.25) is 15.9 Å². The molecule has 5 nitrogen and oxygen atoms in total. The molecule has 0 radical (unpaired) electrons. The van der Waals surface area contributed by atoms with Crippen LogP contribution in [-0.2, 0) is 26.7 Å². The van der Waals surface area contributed by atoms with E-state index in [4.69, 9.17) is 0 Å². The van der Waals surface area contributed by atoms with Crippen molar-refractivity contribution < 1.29 is 13.2 Å². The number of rotatable bonds is 3. The standard InChI is InChI=1S/C26H32N2O3S/c1-25(2)23-18-19-10-7-8-13-21(19)26(25,3)15-17-27(23)24(29)22-14-9-16-28(22)32(30,31)20-11-5-4-6-12-20/h4-8,10-13,22-23H,9,14-18H2,1-3H3/t22?,23-,26+/m1/s1. The average Bonchev–Trinajstić information content (AvgIpc) is 3.27. The van der Waals surface area contributed by atoms with Crippen LogP contribution in [-0.4, -0.2) is 48.7 Å². The van der Waals surface area contributed by atoms with Gasteiger partial charge >= 0.3 is 0 Å². The highest BCUT2D eigenvalue weighted by Crippen LogP contribution is 2.56. The molecule has 0 N–H and O–H groups in total. The van der Waals surface area contributed by atoms with E-state index in [2.05, 4.69) is 45.0 Å². The Morgan fingerprint density at radius 3 is 2.41 bits per heavy atom. The molecular formula is C26H32N2O3S. The average molecular weight is 453 g/mol. The maximum absolute atomic E-state index is 13.9. The summed E-state index contributed by atoms with van der Waals surface area (Å²) >= 11 is 0. The molecule has 0 aromatic heterocycles. The van der Waals surface area contributed by atoms with Crippen molar-refractivity contribution in [1.82, 2.24) is 9.21 Å². The summed E-state index contributed by atoms with van der Waals surface area (Å²) in [6.45, 7) is 7.96. The van der Waals surface area contributed by atoms with Crippen LogP contribution in [0.25, 0.3) is 0 Å². The number of amides is 1. The molecule has 6 heteroatoms. The Balaban J connectivity index is 1.48. The number of piperidine rings is 1. The molecule has 5 rings (SSSR count). The Kier molecular flexibility index (Phi) is 5.02. The van der Waals surface area contributed by atoms with Crippen LogP contribution >= 0.6 is 0 Å². The zero-order chi connectivity index (χ0) is 22.7. The van der Waals surface area contributed by atoms with Crippen LogP contribution in [0.2, 0.25) is 0 Å². The fourth-order valence-electron chi connectivity index (χ4n) is 6.33. The summed E-state index contributed by atoms with van der Waals surface area (Å²) in [7, 11) is -3.70. The minimum absolute atomic E-state index is 0.00519. The SMILES string of the molecule is CC1(C)[C@H]2Cc3ccccc3[C@]1(C)CCN2C(=O)C1CCCN1S(=O)(=O)c1ccccc1. The fraction of sp³-hybridized carbons (Fsp3) is 0.500. The summed E-state index contributed by atoms with van der Waals surface area (Å²) < 4.78 is 28.1. The molecule has 170 valence electrons. The van der Waals surface area contributed by atoms with Crippen molar-refractivity contribution in [3.05, 3.63) is 65.7 Å². The number of carbonyl (C=O) groups excluding carboxylic acids is 1. The molecule has 0 saturated carbocycles. The molecule has 2 fully saturated rings. The second-order valence-electron chi connectivity index (χ2n) is 10.3. The lowest BCUT2D eigenvalue weighted by Crippen LogP contribution is -2.66. The Hall–Kier alpha value is -2.18. The molecule has 2 heterocycles. The summed E-state index contributed by atoms with van der Waals surface area (Å²) in [5, 5.41) is 0. The number of benzene rings is 2. The van der Waals surface area contributed by atoms with Crippen LogP contribution in [0.1, 0.15) is 51.2 Å². The summed E-state index contributed by atoms with van der Waals surface area (Å²) in [6.07, 6.45) is 3.01. The van der Waals surface area contributed by atoms with Crippen LogP contribution in [0.3, 0.4) is 0 Å². The highest BCUT2D eigenvalue weighted by Gasteiger charge is 2.57. The van der Waals surface area contributed by atoms with Gasteiger partial charge in [-0.2, -0.15) is 4.31 Å². The maximum atomic E-state index is 13.9. The first-order valence-corrected chi connectivity index (χ1v) is 13.1. The van der Waals surface area contributed by atoms with Crippen LogP contribution in [0.4, 0.5) is 0 Å². The van der Waals surface area contributed by atoms with E-state index >= 15 is 0 Å². The van der Waals surface area contributed by atoms with E-state index in [0.29, 0.717) is 25.9 Å². The zero-order valence-corrected chi connectivity index (χ0v) is 19.9. The van der Waals surface area contributed by atoms with Gasteiger partial charge in [-0.15, -0.1) is 0 Å². The highest BCUT2D eigenvalue weighted by atomic mass is 32.2. The monoisotopic (exact) mass is 452 g/mol. The molecule has 2 bridgehead atoms. The number of hydrogen-bond donors (Lipinski definition) is 0. The fourth-order valence-corrected chi connectivity index (χ4v) is 8.00. The summed E-state index contributed by atoms with van der Waals surface area (Å²) in [4.78, 5) is 16.2. The van der Waals surface area contributed by atoms with E-state index in [0.717, 1.165) is 12.8 Å². The predicted molar refractivity (Wildman–Crippen MR) is 125 cm³/mol. The largest absolute Gasteiger partial charge is 0.337 e. The van der Waals surface area contributed by atoms with Gasteiger partial charge in [-0.3, -0.25) is 4.79 Å². The quantitative estimate of drug-likeness (QED) is 0.708. The first-order chi connectivity index (χ1) is 15.2. The highest BCUT2D eigenvalue weighted by molar-refractivity contribution is 7.89. The number of sulfonamides is 1. The number of nitrogens with zero attached hydrogens (tertiary/aromatic N) is 2. The van der Waals surface area contributed by atoms with E-state index in [-0.39, 0.29) is 27.7 Å². The van der Waals surface area contributed by atoms with E-state index in [1.165, 1.54) is 15.4 Å².